The predicted molar refractivity (Wildman–Crippen MR) is 79.2 cm³/mol. The Morgan fingerprint density at radius 3 is 2.45 bits per heavy atom. The van der Waals surface area contributed by atoms with Gasteiger partial charge in [-0.15, -0.1) is 0 Å². The standard InChI is InChI=1S/C16H21N3O/c1-12-7-13(2)10-19(9-12)11-16(20)18-15-5-3-14(8-17)4-6-15/h3-6,12-13H,7,9-11H2,1-2H3,(H,18,20)/t12-,13-/m1/s1. The Kier molecular flexibility index (Phi) is 4.75. The maximum atomic E-state index is 12.0. The van der Waals surface area contributed by atoms with Gasteiger partial charge in [0.05, 0.1) is 18.2 Å². The fourth-order valence-corrected chi connectivity index (χ4v) is 2.95. The number of hydrogen-bond acceptors (Lipinski definition) is 3. The highest BCUT2D eigenvalue weighted by Gasteiger charge is 2.23. The molecule has 0 unspecified atom stereocenters. The quantitative estimate of drug-likeness (QED) is 0.918. The van der Waals surface area contributed by atoms with Crippen LogP contribution in [0.2, 0.25) is 0 Å². The van der Waals surface area contributed by atoms with E-state index in [1.807, 2.05) is 0 Å². The lowest BCUT2D eigenvalue weighted by Gasteiger charge is -2.34. The van der Waals surface area contributed by atoms with Gasteiger partial charge in [0.15, 0.2) is 0 Å². The van der Waals surface area contributed by atoms with Crippen molar-refractivity contribution >= 4 is 11.6 Å². The maximum absolute atomic E-state index is 12.0. The van der Waals surface area contributed by atoms with Crippen molar-refractivity contribution in [2.75, 3.05) is 25.0 Å². The molecule has 1 N–H and O–H groups in total. The molecule has 0 bridgehead atoms. The molecule has 1 aromatic rings. The molecule has 0 saturated carbocycles. The lowest BCUT2D eigenvalue weighted by molar-refractivity contribution is -0.117. The van der Waals surface area contributed by atoms with E-state index in [-0.39, 0.29) is 5.91 Å². The summed E-state index contributed by atoms with van der Waals surface area (Å²) >= 11 is 0. The van der Waals surface area contributed by atoms with Crippen LogP contribution in [0.3, 0.4) is 0 Å². The monoisotopic (exact) mass is 271 g/mol. The van der Waals surface area contributed by atoms with Gasteiger partial charge in [-0.25, -0.2) is 0 Å². The van der Waals surface area contributed by atoms with Crippen LogP contribution in [0.25, 0.3) is 0 Å². The van der Waals surface area contributed by atoms with Crippen LogP contribution in [0.5, 0.6) is 0 Å². The van der Waals surface area contributed by atoms with Crippen molar-refractivity contribution in [3.8, 4) is 6.07 Å². The average molecular weight is 271 g/mol. The first kappa shape index (κ1) is 14.5. The molecule has 1 aliphatic rings. The Hall–Kier alpha value is -1.86. The van der Waals surface area contributed by atoms with Crippen LogP contribution < -0.4 is 5.32 Å². The Morgan fingerprint density at radius 1 is 1.30 bits per heavy atom. The van der Waals surface area contributed by atoms with Gasteiger partial charge in [-0.1, -0.05) is 13.8 Å². The fraction of sp³-hybridized carbons (Fsp3) is 0.500. The summed E-state index contributed by atoms with van der Waals surface area (Å²) in [5.74, 6) is 1.32. The van der Waals surface area contributed by atoms with Gasteiger partial charge >= 0.3 is 0 Å². The zero-order valence-electron chi connectivity index (χ0n) is 12.1. The van der Waals surface area contributed by atoms with Crippen molar-refractivity contribution in [2.45, 2.75) is 20.3 Å². The first-order valence-corrected chi connectivity index (χ1v) is 7.09. The molecular formula is C16H21N3O. The largest absolute Gasteiger partial charge is 0.325 e. The molecule has 1 fully saturated rings. The van der Waals surface area contributed by atoms with Gasteiger partial charge in [0.25, 0.3) is 0 Å². The number of rotatable bonds is 3. The molecule has 2 rings (SSSR count). The molecule has 20 heavy (non-hydrogen) atoms. The van der Waals surface area contributed by atoms with Crippen LogP contribution in [0.1, 0.15) is 25.8 Å². The Bertz CT molecular complexity index is 493. The van der Waals surface area contributed by atoms with Crippen LogP contribution in [-0.2, 0) is 4.79 Å². The van der Waals surface area contributed by atoms with Gasteiger partial charge in [0, 0.05) is 18.8 Å². The summed E-state index contributed by atoms with van der Waals surface area (Å²) < 4.78 is 0. The number of nitriles is 1. The highest BCUT2D eigenvalue weighted by molar-refractivity contribution is 5.92. The molecule has 2 atom stereocenters. The van der Waals surface area contributed by atoms with Gasteiger partial charge in [0.1, 0.15) is 0 Å². The summed E-state index contributed by atoms with van der Waals surface area (Å²) in [7, 11) is 0. The van der Waals surface area contributed by atoms with Gasteiger partial charge in [0.2, 0.25) is 5.91 Å². The zero-order valence-corrected chi connectivity index (χ0v) is 12.1. The maximum Gasteiger partial charge on any atom is 0.238 e. The van der Waals surface area contributed by atoms with E-state index in [1.54, 1.807) is 24.3 Å². The summed E-state index contributed by atoms with van der Waals surface area (Å²) in [6.45, 7) is 6.90. The van der Waals surface area contributed by atoms with Crippen molar-refractivity contribution in [3.05, 3.63) is 29.8 Å². The Balaban J connectivity index is 1.87. The van der Waals surface area contributed by atoms with E-state index >= 15 is 0 Å². The highest BCUT2D eigenvalue weighted by atomic mass is 16.2. The molecule has 106 valence electrons. The van der Waals surface area contributed by atoms with E-state index in [2.05, 4.69) is 30.1 Å². The molecule has 4 heteroatoms. The number of carbonyl (C=O) groups excluding carboxylic acids is 1. The second-order valence-corrected chi connectivity index (χ2v) is 5.88. The van der Waals surface area contributed by atoms with Crippen molar-refractivity contribution < 1.29 is 4.79 Å². The SMILES string of the molecule is C[C@@H]1C[C@@H](C)CN(CC(=O)Nc2ccc(C#N)cc2)C1. The first-order chi connectivity index (χ1) is 9.56. The topological polar surface area (TPSA) is 56.1 Å². The minimum Gasteiger partial charge on any atom is -0.325 e. The minimum atomic E-state index is 0.0102. The van der Waals surface area contributed by atoms with Crippen LogP contribution in [0.4, 0.5) is 5.69 Å². The number of piperidine rings is 1. The fourth-order valence-electron chi connectivity index (χ4n) is 2.95. The van der Waals surface area contributed by atoms with Crippen molar-refractivity contribution in [1.29, 1.82) is 5.26 Å². The van der Waals surface area contributed by atoms with Crippen LogP contribution in [0.15, 0.2) is 24.3 Å². The molecule has 4 nitrogen and oxygen atoms in total. The number of likely N-dealkylation sites (tertiary alicyclic amines) is 1. The summed E-state index contributed by atoms with van der Waals surface area (Å²) in [6.07, 6.45) is 1.24. The van der Waals surface area contributed by atoms with E-state index < -0.39 is 0 Å². The first-order valence-electron chi connectivity index (χ1n) is 7.09. The molecule has 1 aromatic carbocycles. The van der Waals surface area contributed by atoms with E-state index in [4.69, 9.17) is 5.26 Å². The number of hydrogen-bond donors (Lipinski definition) is 1. The molecule has 1 heterocycles. The number of nitrogens with one attached hydrogen (secondary N) is 1. The number of anilines is 1. The third-order valence-corrected chi connectivity index (χ3v) is 3.61. The van der Waals surface area contributed by atoms with Crippen molar-refractivity contribution in [1.82, 2.24) is 4.90 Å². The number of nitrogens with zero attached hydrogens (tertiary/aromatic N) is 2. The summed E-state index contributed by atoms with van der Waals surface area (Å²) in [5.41, 5.74) is 1.34. The van der Waals surface area contributed by atoms with Gasteiger partial charge in [-0.3, -0.25) is 9.69 Å². The lowest BCUT2D eigenvalue weighted by Crippen LogP contribution is -2.42. The zero-order chi connectivity index (χ0) is 14.5. The Morgan fingerprint density at radius 2 is 1.90 bits per heavy atom. The minimum absolute atomic E-state index is 0.0102. The van der Waals surface area contributed by atoms with E-state index in [0.717, 1.165) is 18.8 Å². The lowest BCUT2D eigenvalue weighted by atomic mass is 9.92. The molecule has 1 aliphatic heterocycles. The second kappa shape index (κ2) is 6.53. The average Bonchev–Trinajstić information content (AvgIpc) is 2.38. The summed E-state index contributed by atoms with van der Waals surface area (Å²) in [4.78, 5) is 14.3. The van der Waals surface area contributed by atoms with E-state index in [0.29, 0.717) is 23.9 Å². The van der Waals surface area contributed by atoms with Crippen LogP contribution in [0, 0.1) is 23.2 Å². The summed E-state index contributed by atoms with van der Waals surface area (Å²) in [6, 6.07) is 9.00. The third-order valence-electron chi connectivity index (χ3n) is 3.61. The van der Waals surface area contributed by atoms with Gasteiger partial charge < -0.3 is 5.32 Å². The van der Waals surface area contributed by atoms with Gasteiger partial charge in [-0.2, -0.15) is 5.26 Å². The Labute approximate surface area is 120 Å². The summed E-state index contributed by atoms with van der Waals surface area (Å²) in [5, 5.41) is 11.6. The molecule has 1 amide bonds. The highest BCUT2D eigenvalue weighted by Crippen LogP contribution is 2.20. The smallest absolute Gasteiger partial charge is 0.238 e. The molecular weight excluding hydrogens is 250 g/mol. The molecule has 1 saturated heterocycles. The van der Waals surface area contributed by atoms with Crippen molar-refractivity contribution in [2.24, 2.45) is 11.8 Å². The molecule has 0 spiro atoms. The normalized spacial score (nSPS) is 23.1. The molecule has 0 radical (unpaired) electrons. The van der Waals surface area contributed by atoms with E-state index in [9.17, 15) is 4.79 Å². The number of carbonyl (C=O) groups is 1. The number of benzene rings is 1. The van der Waals surface area contributed by atoms with Crippen LogP contribution in [-0.4, -0.2) is 30.4 Å². The molecule has 0 aliphatic carbocycles. The molecule has 0 aromatic heterocycles. The van der Waals surface area contributed by atoms with E-state index in [1.165, 1.54) is 6.42 Å². The number of amides is 1. The van der Waals surface area contributed by atoms with Crippen molar-refractivity contribution in [3.63, 3.8) is 0 Å². The van der Waals surface area contributed by atoms with Crippen LogP contribution >= 0.6 is 0 Å². The predicted octanol–water partition coefficient (Wildman–Crippen LogP) is 2.47. The van der Waals surface area contributed by atoms with Gasteiger partial charge in [-0.05, 0) is 42.5 Å². The third kappa shape index (κ3) is 4.07. The second-order valence-electron chi connectivity index (χ2n) is 5.88.